The summed E-state index contributed by atoms with van der Waals surface area (Å²) < 4.78 is 5.09. The average molecular weight is 347 g/mol. The van der Waals surface area contributed by atoms with Crippen molar-refractivity contribution < 1.29 is 14.6 Å². The molecule has 0 saturated carbocycles. The van der Waals surface area contributed by atoms with Gasteiger partial charge in [-0.2, -0.15) is 0 Å². The number of aromatic hydroxyl groups is 1. The van der Waals surface area contributed by atoms with E-state index >= 15 is 0 Å². The van der Waals surface area contributed by atoms with E-state index in [1.807, 2.05) is 12.1 Å². The van der Waals surface area contributed by atoms with E-state index in [2.05, 4.69) is 13.8 Å². The summed E-state index contributed by atoms with van der Waals surface area (Å²) >= 11 is 0. The molecule has 0 aromatic heterocycles. The van der Waals surface area contributed by atoms with Crippen molar-refractivity contribution in [3.05, 3.63) is 35.9 Å². The van der Waals surface area contributed by atoms with Gasteiger partial charge in [-0.3, -0.25) is 4.79 Å². The maximum absolute atomic E-state index is 11.9. The summed E-state index contributed by atoms with van der Waals surface area (Å²) in [6, 6.07) is 5.22. The van der Waals surface area contributed by atoms with Gasteiger partial charge in [-0.1, -0.05) is 58.1 Å². The van der Waals surface area contributed by atoms with Crippen molar-refractivity contribution in [2.45, 2.75) is 71.6 Å². The Bertz CT molecular complexity index is 534. The number of hydrogen-bond donors (Lipinski definition) is 1. The first-order valence-electron chi connectivity index (χ1n) is 9.62. The highest BCUT2D eigenvalue weighted by Crippen LogP contribution is 2.26. The van der Waals surface area contributed by atoms with Crippen molar-refractivity contribution in [2.75, 3.05) is 7.11 Å². The van der Waals surface area contributed by atoms with Crippen molar-refractivity contribution >= 4 is 5.78 Å². The van der Waals surface area contributed by atoms with E-state index in [1.54, 1.807) is 18.2 Å². The zero-order valence-electron chi connectivity index (χ0n) is 16.1. The Balaban J connectivity index is 2.20. The van der Waals surface area contributed by atoms with Crippen LogP contribution in [0.5, 0.6) is 11.5 Å². The van der Waals surface area contributed by atoms with E-state index in [0.29, 0.717) is 18.6 Å². The molecule has 1 N–H and O–H groups in total. The third kappa shape index (κ3) is 9.33. The van der Waals surface area contributed by atoms with E-state index in [1.165, 1.54) is 39.2 Å². The molecule has 0 aliphatic heterocycles. The molecule has 0 fully saturated rings. The fraction of sp³-hybridized carbons (Fsp3) is 0.591. The minimum atomic E-state index is 0.126. The fourth-order valence-corrected chi connectivity index (χ4v) is 2.91. The molecule has 0 heterocycles. The third-order valence-corrected chi connectivity index (χ3v) is 4.58. The van der Waals surface area contributed by atoms with Gasteiger partial charge in [0.25, 0.3) is 0 Å². The lowest BCUT2D eigenvalue weighted by Gasteiger charge is -2.09. The molecular weight excluding hydrogens is 312 g/mol. The van der Waals surface area contributed by atoms with Gasteiger partial charge in [0, 0.05) is 6.42 Å². The topological polar surface area (TPSA) is 46.5 Å². The molecule has 0 aliphatic carbocycles. The van der Waals surface area contributed by atoms with Gasteiger partial charge in [0.15, 0.2) is 17.3 Å². The van der Waals surface area contributed by atoms with Crippen molar-refractivity contribution in [3.8, 4) is 11.5 Å². The van der Waals surface area contributed by atoms with Gasteiger partial charge in [0.2, 0.25) is 0 Å². The highest BCUT2D eigenvalue weighted by atomic mass is 16.5. The van der Waals surface area contributed by atoms with E-state index < -0.39 is 0 Å². The summed E-state index contributed by atoms with van der Waals surface area (Å²) in [7, 11) is 1.53. The molecule has 3 nitrogen and oxygen atoms in total. The van der Waals surface area contributed by atoms with Crippen molar-refractivity contribution in [1.29, 1.82) is 0 Å². The van der Waals surface area contributed by atoms with Gasteiger partial charge in [-0.05, 0) is 49.0 Å². The summed E-state index contributed by atoms with van der Waals surface area (Å²) in [5, 5.41) is 9.58. The van der Waals surface area contributed by atoms with Crippen molar-refractivity contribution in [3.63, 3.8) is 0 Å². The predicted octanol–water partition coefficient (Wildman–Crippen LogP) is 5.85. The Hall–Kier alpha value is -1.77. The van der Waals surface area contributed by atoms with Gasteiger partial charge < -0.3 is 9.84 Å². The number of unbranched alkanes of at least 4 members (excludes halogenated alkanes) is 3. The zero-order chi connectivity index (χ0) is 18.5. The van der Waals surface area contributed by atoms with Crippen molar-refractivity contribution in [1.82, 2.24) is 0 Å². The molecule has 0 spiro atoms. The Morgan fingerprint density at radius 1 is 1.24 bits per heavy atom. The largest absolute Gasteiger partial charge is 0.504 e. The summed E-state index contributed by atoms with van der Waals surface area (Å²) in [5.41, 5.74) is 0.998. The number of carbonyl (C=O) groups is 1. The molecule has 1 rings (SSSR count). The lowest BCUT2D eigenvalue weighted by Crippen LogP contribution is -1.97. The number of ketones is 1. The van der Waals surface area contributed by atoms with Gasteiger partial charge in [-0.25, -0.2) is 0 Å². The number of phenolic OH excluding ortho intramolecular Hbond substituents is 1. The average Bonchev–Trinajstić information content (AvgIpc) is 2.61. The number of carbonyl (C=O) groups excluding carboxylic acids is 1. The molecule has 0 radical (unpaired) electrons. The van der Waals surface area contributed by atoms with Gasteiger partial charge in [0.1, 0.15) is 0 Å². The molecular formula is C22H34O3. The molecule has 25 heavy (non-hydrogen) atoms. The summed E-state index contributed by atoms with van der Waals surface area (Å²) in [5.74, 6) is 1.53. The normalized spacial score (nSPS) is 12.4. The second-order valence-corrected chi connectivity index (χ2v) is 6.91. The molecule has 0 bridgehead atoms. The monoisotopic (exact) mass is 346 g/mol. The van der Waals surface area contributed by atoms with Crippen LogP contribution < -0.4 is 4.74 Å². The van der Waals surface area contributed by atoms with Crippen LogP contribution >= 0.6 is 0 Å². The summed E-state index contributed by atoms with van der Waals surface area (Å²) in [6.07, 6.45) is 13.6. The van der Waals surface area contributed by atoms with Crippen LogP contribution in [0.1, 0.15) is 70.8 Å². The molecule has 140 valence electrons. The van der Waals surface area contributed by atoms with E-state index in [4.69, 9.17) is 4.74 Å². The maximum atomic E-state index is 11.9. The number of rotatable bonds is 13. The smallest absolute Gasteiger partial charge is 0.160 e. The first-order chi connectivity index (χ1) is 12.1. The van der Waals surface area contributed by atoms with Gasteiger partial charge >= 0.3 is 0 Å². The van der Waals surface area contributed by atoms with Gasteiger partial charge in [-0.15, -0.1) is 0 Å². The second kappa shape index (κ2) is 12.6. The summed E-state index contributed by atoms with van der Waals surface area (Å²) in [4.78, 5) is 11.9. The molecule has 1 unspecified atom stereocenters. The highest BCUT2D eigenvalue weighted by Gasteiger charge is 2.05. The fourth-order valence-electron chi connectivity index (χ4n) is 2.91. The molecule has 0 saturated heterocycles. The summed E-state index contributed by atoms with van der Waals surface area (Å²) in [6.45, 7) is 4.57. The Labute approximate surface area is 153 Å². The molecule has 1 aromatic rings. The van der Waals surface area contributed by atoms with Crippen LogP contribution in [0.2, 0.25) is 0 Å². The quantitative estimate of drug-likeness (QED) is 0.360. The first kappa shape index (κ1) is 21.3. The maximum Gasteiger partial charge on any atom is 0.160 e. The molecule has 0 aliphatic rings. The minimum Gasteiger partial charge on any atom is -0.504 e. The van der Waals surface area contributed by atoms with Crippen LogP contribution in [0.15, 0.2) is 30.4 Å². The highest BCUT2D eigenvalue weighted by molar-refractivity contribution is 5.89. The third-order valence-electron chi connectivity index (χ3n) is 4.58. The first-order valence-corrected chi connectivity index (χ1v) is 9.62. The van der Waals surface area contributed by atoms with E-state index in [9.17, 15) is 9.90 Å². The molecule has 3 heteroatoms. The SMILES string of the molecule is CCCCCC(C)CCCC=CC(=O)CCc1ccc(O)c(OC)c1. The minimum absolute atomic E-state index is 0.126. The lowest BCUT2D eigenvalue weighted by atomic mass is 9.97. The molecule has 1 atom stereocenters. The van der Waals surface area contributed by atoms with E-state index in [-0.39, 0.29) is 11.5 Å². The van der Waals surface area contributed by atoms with Gasteiger partial charge in [0.05, 0.1) is 7.11 Å². The zero-order valence-corrected chi connectivity index (χ0v) is 16.1. The van der Waals surface area contributed by atoms with Crippen LogP contribution in [0.4, 0.5) is 0 Å². The molecule has 0 amide bonds. The van der Waals surface area contributed by atoms with E-state index in [0.717, 1.165) is 24.3 Å². The van der Waals surface area contributed by atoms with Crippen LogP contribution in [0.25, 0.3) is 0 Å². The number of aryl methyl sites for hydroxylation is 1. The number of benzene rings is 1. The number of phenols is 1. The molecule has 1 aromatic carbocycles. The number of allylic oxidation sites excluding steroid dienone is 2. The number of ether oxygens (including phenoxy) is 1. The van der Waals surface area contributed by atoms with Crippen LogP contribution in [0, 0.1) is 5.92 Å². The Morgan fingerprint density at radius 2 is 2.00 bits per heavy atom. The standard InChI is InChI=1S/C22H34O3/c1-4-5-7-10-18(2)11-8-6-9-12-20(23)15-13-19-14-16-21(24)22(17-19)25-3/h9,12,14,16-18,24H,4-8,10-11,13,15H2,1-3H3. The van der Waals surface area contributed by atoms with Crippen LogP contribution in [-0.2, 0) is 11.2 Å². The lowest BCUT2D eigenvalue weighted by molar-refractivity contribution is -0.114. The number of hydrogen-bond acceptors (Lipinski definition) is 3. The van der Waals surface area contributed by atoms with Crippen molar-refractivity contribution in [2.24, 2.45) is 5.92 Å². The Kier molecular flexibility index (Phi) is 10.7. The Morgan fingerprint density at radius 3 is 2.72 bits per heavy atom. The van der Waals surface area contributed by atoms with Crippen LogP contribution in [0.3, 0.4) is 0 Å². The number of methoxy groups -OCH3 is 1. The predicted molar refractivity (Wildman–Crippen MR) is 104 cm³/mol. The van der Waals surface area contributed by atoms with Crippen LogP contribution in [-0.4, -0.2) is 18.0 Å². The second-order valence-electron chi connectivity index (χ2n) is 6.91.